The fourth-order valence-electron chi connectivity index (χ4n) is 1.87. The van der Waals surface area contributed by atoms with Crippen LogP contribution in [0, 0.1) is 0 Å². The van der Waals surface area contributed by atoms with Crippen LogP contribution in [0.4, 0.5) is 0 Å². The van der Waals surface area contributed by atoms with Crippen LogP contribution in [0.25, 0.3) is 0 Å². The minimum atomic E-state index is 0.611. The summed E-state index contributed by atoms with van der Waals surface area (Å²) >= 11 is 3.38. The summed E-state index contributed by atoms with van der Waals surface area (Å²) in [6.07, 6.45) is 4.87. The third-order valence-corrected chi connectivity index (χ3v) is 3.25. The minimum Gasteiger partial charge on any atom is -0.492 e. The van der Waals surface area contributed by atoms with E-state index in [1.54, 1.807) is 6.20 Å². The van der Waals surface area contributed by atoms with Crippen molar-refractivity contribution in [3.05, 3.63) is 46.7 Å². The molecule has 0 atom stereocenters. The fraction of sp³-hybridized carbons (Fsp3) is 0.400. The van der Waals surface area contributed by atoms with Crippen LogP contribution in [0.5, 0.6) is 5.75 Å². The van der Waals surface area contributed by atoms with Gasteiger partial charge in [-0.2, -0.15) is 5.10 Å². The number of benzene rings is 1. The zero-order valence-corrected chi connectivity index (χ0v) is 13.3. The Balaban J connectivity index is 1.78. The quantitative estimate of drug-likeness (QED) is 0.751. The summed E-state index contributed by atoms with van der Waals surface area (Å²) < 4.78 is 8.61. The average molecular weight is 338 g/mol. The van der Waals surface area contributed by atoms with Crippen molar-refractivity contribution in [2.75, 3.05) is 13.2 Å². The monoisotopic (exact) mass is 337 g/mol. The zero-order valence-electron chi connectivity index (χ0n) is 11.7. The third kappa shape index (κ3) is 4.98. The van der Waals surface area contributed by atoms with Crippen LogP contribution in [0.2, 0.25) is 0 Å². The van der Waals surface area contributed by atoms with Crippen LogP contribution in [-0.2, 0) is 13.1 Å². The van der Waals surface area contributed by atoms with Crippen molar-refractivity contribution in [3.63, 3.8) is 0 Å². The summed E-state index contributed by atoms with van der Waals surface area (Å²) in [5.74, 6) is 0.909. The summed E-state index contributed by atoms with van der Waals surface area (Å²) in [5, 5.41) is 7.58. The number of nitrogens with zero attached hydrogens (tertiary/aromatic N) is 2. The first-order valence-corrected chi connectivity index (χ1v) is 7.67. The van der Waals surface area contributed by atoms with Gasteiger partial charge in [0.15, 0.2) is 0 Å². The lowest BCUT2D eigenvalue weighted by Gasteiger charge is -2.09. The van der Waals surface area contributed by atoms with Gasteiger partial charge in [-0.25, -0.2) is 0 Å². The van der Waals surface area contributed by atoms with Gasteiger partial charge in [-0.15, -0.1) is 0 Å². The van der Waals surface area contributed by atoms with Gasteiger partial charge in [0.05, 0.1) is 17.2 Å². The molecule has 5 heteroatoms. The van der Waals surface area contributed by atoms with Gasteiger partial charge in [0, 0.05) is 12.7 Å². The first-order valence-electron chi connectivity index (χ1n) is 6.88. The van der Waals surface area contributed by atoms with Crippen molar-refractivity contribution >= 4 is 15.9 Å². The number of hydrogen-bond donors (Lipinski definition) is 1. The van der Waals surface area contributed by atoms with E-state index in [9.17, 15) is 0 Å². The standard InChI is InChI=1S/C15H20BrN3O/c1-2-6-17-10-13-4-3-5-15(9-13)20-8-7-19-12-14(16)11-18-19/h3-5,9,11-12,17H,2,6-8,10H2,1H3. The van der Waals surface area contributed by atoms with Crippen molar-refractivity contribution in [3.8, 4) is 5.75 Å². The Kier molecular flexibility index (Phi) is 6.08. The zero-order chi connectivity index (χ0) is 14.2. The molecule has 1 heterocycles. The van der Waals surface area contributed by atoms with Crippen LogP contribution in [-0.4, -0.2) is 22.9 Å². The third-order valence-electron chi connectivity index (χ3n) is 2.85. The van der Waals surface area contributed by atoms with Crippen molar-refractivity contribution in [2.45, 2.75) is 26.4 Å². The highest BCUT2D eigenvalue weighted by Gasteiger charge is 1.99. The molecule has 0 saturated carbocycles. The number of ether oxygens (including phenoxy) is 1. The van der Waals surface area contributed by atoms with Crippen LogP contribution in [0.1, 0.15) is 18.9 Å². The molecule has 0 aliphatic rings. The lowest BCUT2D eigenvalue weighted by atomic mass is 10.2. The Morgan fingerprint density at radius 2 is 2.30 bits per heavy atom. The number of rotatable bonds is 8. The molecule has 1 aromatic heterocycles. The molecule has 2 rings (SSSR count). The van der Waals surface area contributed by atoms with Crippen molar-refractivity contribution < 1.29 is 4.74 Å². The van der Waals surface area contributed by atoms with Gasteiger partial charge in [-0.3, -0.25) is 4.68 Å². The van der Waals surface area contributed by atoms with E-state index in [-0.39, 0.29) is 0 Å². The summed E-state index contributed by atoms with van der Waals surface area (Å²) in [5.41, 5.74) is 1.25. The van der Waals surface area contributed by atoms with Gasteiger partial charge < -0.3 is 10.1 Å². The topological polar surface area (TPSA) is 39.1 Å². The summed E-state index contributed by atoms with van der Waals surface area (Å²) in [6, 6.07) is 8.22. The Bertz CT molecular complexity index is 527. The number of halogens is 1. The average Bonchev–Trinajstić information content (AvgIpc) is 2.85. The van der Waals surface area contributed by atoms with E-state index in [0.717, 1.165) is 36.3 Å². The maximum Gasteiger partial charge on any atom is 0.119 e. The number of hydrogen-bond acceptors (Lipinski definition) is 3. The van der Waals surface area contributed by atoms with E-state index in [1.165, 1.54) is 5.56 Å². The van der Waals surface area contributed by atoms with Crippen LogP contribution in [0.3, 0.4) is 0 Å². The Morgan fingerprint density at radius 1 is 1.40 bits per heavy atom. The molecule has 0 saturated heterocycles. The smallest absolute Gasteiger partial charge is 0.119 e. The maximum absolute atomic E-state index is 5.76. The molecule has 0 aliphatic heterocycles. The van der Waals surface area contributed by atoms with E-state index in [0.29, 0.717) is 6.61 Å². The maximum atomic E-state index is 5.76. The Labute approximate surface area is 128 Å². The molecule has 108 valence electrons. The molecule has 0 fully saturated rings. The number of nitrogens with one attached hydrogen (secondary N) is 1. The summed E-state index contributed by atoms with van der Waals surface area (Å²) in [6.45, 7) is 5.44. The fourth-order valence-corrected chi connectivity index (χ4v) is 2.20. The highest BCUT2D eigenvalue weighted by atomic mass is 79.9. The molecule has 0 radical (unpaired) electrons. The van der Waals surface area contributed by atoms with Crippen LogP contribution < -0.4 is 10.1 Å². The van der Waals surface area contributed by atoms with E-state index in [1.807, 2.05) is 23.0 Å². The molecular formula is C15H20BrN3O. The van der Waals surface area contributed by atoms with E-state index in [2.05, 4.69) is 45.4 Å². The van der Waals surface area contributed by atoms with Gasteiger partial charge >= 0.3 is 0 Å². The van der Waals surface area contributed by atoms with Crippen molar-refractivity contribution in [1.82, 2.24) is 15.1 Å². The molecule has 1 N–H and O–H groups in total. The molecule has 2 aromatic rings. The predicted molar refractivity (Wildman–Crippen MR) is 83.9 cm³/mol. The van der Waals surface area contributed by atoms with Gasteiger partial charge in [0.1, 0.15) is 12.4 Å². The molecule has 0 spiro atoms. The van der Waals surface area contributed by atoms with Gasteiger partial charge in [-0.05, 0) is 46.6 Å². The van der Waals surface area contributed by atoms with Crippen LogP contribution in [0.15, 0.2) is 41.1 Å². The first kappa shape index (κ1) is 15.1. The van der Waals surface area contributed by atoms with Crippen molar-refractivity contribution in [2.24, 2.45) is 0 Å². The molecule has 0 unspecified atom stereocenters. The van der Waals surface area contributed by atoms with Crippen LogP contribution >= 0.6 is 15.9 Å². The van der Waals surface area contributed by atoms with Crippen molar-refractivity contribution in [1.29, 1.82) is 0 Å². The SMILES string of the molecule is CCCNCc1cccc(OCCn2cc(Br)cn2)c1. The second kappa shape index (κ2) is 8.07. The Hall–Kier alpha value is -1.33. The minimum absolute atomic E-state index is 0.611. The highest BCUT2D eigenvalue weighted by molar-refractivity contribution is 9.10. The molecule has 1 aromatic carbocycles. The molecule has 0 aliphatic carbocycles. The second-order valence-electron chi connectivity index (χ2n) is 4.59. The van der Waals surface area contributed by atoms with E-state index in [4.69, 9.17) is 4.74 Å². The Morgan fingerprint density at radius 3 is 3.05 bits per heavy atom. The van der Waals surface area contributed by atoms with E-state index >= 15 is 0 Å². The normalized spacial score (nSPS) is 10.7. The van der Waals surface area contributed by atoms with Gasteiger partial charge in [0.2, 0.25) is 0 Å². The second-order valence-corrected chi connectivity index (χ2v) is 5.51. The molecule has 0 bridgehead atoms. The predicted octanol–water partition coefficient (Wildman–Crippen LogP) is 3.22. The largest absolute Gasteiger partial charge is 0.492 e. The van der Waals surface area contributed by atoms with Gasteiger partial charge in [-0.1, -0.05) is 19.1 Å². The molecule has 0 amide bonds. The summed E-state index contributed by atoms with van der Waals surface area (Å²) in [4.78, 5) is 0. The molecular weight excluding hydrogens is 318 g/mol. The highest BCUT2D eigenvalue weighted by Crippen LogP contribution is 2.13. The molecule has 4 nitrogen and oxygen atoms in total. The lowest BCUT2D eigenvalue weighted by molar-refractivity contribution is 0.291. The lowest BCUT2D eigenvalue weighted by Crippen LogP contribution is -2.14. The van der Waals surface area contributed by atoms with Gasteiger partial charge in [0.25, 0.3) is 0 Å². The summed E-state index contributed by atoms with van der Waals surface area (Å²) in [7, 11) is 0. The first-order chi connectivity index (χ1) is 9.78. The van der Waals surface area contributed by atoms with E-state index < -0.39 is 0 Å². The number of aromatic nitrogens is 2. The molecule has 20 heavy (non-hydrogen) atoms.